The molecule has 0 fully saturated rings. The van der Waals surface area contributed by atoms with Gasteiger partial charge in [-0.25, -0.2) is 9.18 Å². The molecule has 3 rings (SSSR count). The third-order valence-corrected chi connectivity index (χ3v) is 3.58. The molecule has 0 N–H and O–H groups in total. The molecule has 1 heterocycles. The number of para-hydroxylation sites is 1. The number of aromatic nitrogens is 2. The van der Waals surface area contributed by atoms with Crippen LogP contribution < -0.4 is 10.7 Å². The summed E-state index contributed by atoms with van der Waals surface area (Å²) in [6, 6.07) is 15.8. The predicted octanol–water partition coefficient (Wildman–Crippen LogP) is 2.20. The summed E-state index contributed by atoms with van der Waals surface area (Å²) in [4.78, 5) is 25.7. The molecule has 3 aromatic rings. The average molecular weight is 352 g/mol. The molecule has 1 aromatic heterocycles. The van der Waals surface area contributed by atoms with E-state index in [1.165, 1.54) is 29.2 Å². The molecule has 8 heteroatoms. The Hall–Kier alpha value is -3.73. The molecular weight excluding hydrogens is 339 g/mol. The Kier molecular flexibility index (Phi) is 4.90. The van der Waals surface area contributed by atoms with E-state index < -0.39 is 17.5 Å². The van der Waals surface area contributed by atoms with Crippen molar-refractivity contribution in [2.24, 2.45) is 0 Å². The molecule has 0 bridgehead atoms. The van der Waals surface area contributed by atoms with Crippen LogP contribution in [0.3, 0.4) is 0 Å². The van der Waals surface area contributed by atoms with Crippen LogP contribution in [0.5, 0.6) is 0 Å². The fraction of sp³-hybridized carbons (Fsp3) is 0.111. The first-order valence-corrected chi connectivity index (χ1v) is 7.65. The Labute approximate surface area is 147 Å². The topological polar surface area (TPSA) is 92.1 Å². The van der Waals surface area contributed by atoms with Crippen LogP contribution in [0.1, 0.15) is 0 Å². The van der Waals surface area contributed by atoms with Crippen molar-refractivity contribution in [2.45, 2.75) is 6.54 Å². The molecule has 0 aliphatic heterocycles. The van der Waals surface area contributed by atoms with Gasteiger partial charge in [0.25, 0.3) is 0 Å². The summed E-state index contributed by atoms with van der Waals surface area (Å²) in [6.45, 7) is -0.555. The molecule has 0 saturated carbocycles. The van der Waals surface area contributed by atoms with Crippen molar-refractivity contribution in [1.29, 1.82) is 5.26 Å². The minimum Gasteiger partial charge on any atom is -0.388 e. The molecule has 7 nitrogen and oxygen atoms in total. The number of rotatable bonds is 5. The summed E-state index contributed by atoms with van der Waals surface area (Å²) < 4.78 is 18.9. The second-order valence-corrected chi connectivity index (χ2v) is 5.31. The molecule has 0 aliphatic carbocycles. The summed E-state index contributed by atoms with van der Waals surface area (Å²) in [5.74, 6) is -1.75. The van der Waals surface area contributed by atoms with Crippen LogP contribution >= 0.6 is 0 Å². The van der Waals surface area contributed by atoms with E-state index in [-0.39, 0.29) is 19.0 Å². The number of carbonyl (C=O) groups excluding carboxylic acids is 1. The zero-order valence-electron chi connectivity index (χ0n) is 13.5. The zero-order chi connectivity index (χ0) is 18.5. The normalized spacial score (nSPS) is 10.3. The van der Waals surface area contributed by atoms with Crippen molar-refractivity contribution in [3.63, 3.8) is 0 Å². The number of carbonyl (C=O) groups is 1. The van der Waals surface area contributed by atoms with E-state index in [1.54, 1.807) is 30.3 Å². The van der Waals surface area contributed by atoms with Gasteiger partial charge < -0.3 is 4.42 Å². The number of halogens is 1. The Morgan fingerprint density at radius 1 is 1.19 bits per heavy atom. The zero-order valence-corrected chi connectivity index (χ0v) is 13.5. The first kappa shape index (κ1) is 17.1. The molecule has 26 heavy (non-hydrogen) atoms. The Bertz CT molecular complexity index is 1000. The molecule has 0 atom stereocenters. The van der Waals surface area contributed by atoms with E-state index in [9.17, 15) is 14.0 Å². The molecule has 0 radical (unpaired) electrons. The van der Waals surface area contributed by atoms with Crippen LogP contribution in [0.15, 0.2) is 63.8 Å². The van der Waals surface area contributed by atoms with Gasteiger partial charge in [0.1, 0.15) is 18.9 Å². The van der Waals surface area contributed by atoms with Gasteiger partial charge in [-0.2, -0.15) is 9.94 Å². The molecule has 1 amide bonds. The molecular formula is C18H13FN4O3. The van der Waals surface area contributed by atoms with Gasteiger partial charge in [0.15, 0.2) is 0 Å². The van der Waals surface area contributed by atoms with Crippen LogP contribution in [-0.2, 0) is 11.3 Å². The summed E-state index contributed by atoms with van der Waals surface area (Å²) >= 11 is 0. The second-order valence-electron chi connectivity index (χ2n) is 5.31. The van der Waals surface area contributed by atoms with Gasteiger partial charge in [-0.05, 0) is 36.4 Å². The fourth-order valence-corrected chi connectivity index (χ4v) is 2.33. The van der Waals surface area contributed by atoms with Gasteiger partial charge in [0, 0.05) is 11.3 Å². The quantitative estimate of drug-likeness (QED) is 0.657. The first-order chi connectivity index (χ1) is 12.6. The number of hydrogen-bond acceptors (Lipinski definition) is 5. The smallest absolute Gasteiger partial charge is 0.388 e. The average Bonchev–Trinajstić information content (AvgIpc) is 3.01. The van der Waals surface area contributed by atoms with Crippen molar-refractivity contribution in [2.75, 3.05) is 11.4 Å². The number of hydrogen-bond donors (Lipinski definition) is 0. The van der Waals surface area contributed by atoms with Crippen molar-refractivity contribution in [3.05, 3.63) is 71.0 Å². The third-order valence-electron chi connectivity index (χ3n) is 3.58. The Morgan fingerprint density at radius 2 is 1.88 bits per heavy atom. The van der Waals surface area contributed by atoms with Crippen LogP contribution in [0.2, 0.25) is 0 Å². The SMILES string of the molecule is N#CCN(C(=O)Cn1nc(-c2ccc(F)cc2)oc1=O)c1ccccc1. The summed E-state index contributed by atoms with van der Waals surface area (Å²) in [7, 11) is 0. The summed E-state index contributed by atoms with van der Waals surface area (Å²) in [5, 5.41) is 12.9. The maximum atomic E-state index is 13.0. The highest BCUT2D eigenvalue weighted by Gasteiger charge is 2.19. The first-order valence-electron chi connectivity index (χ1n) is 7.65. The fourth-order valence-electron chi connectivity index (χ4n) is 2.33. The predicted molar refractivity (Wildman–Crippen MR) is 90.6 cm³/mol. The van der Waals surface area contributed by atoms with Gasteiger partial charge in [0.05, 0.1) is 6.07 Å². The van der Waals surface area contributed by atoms with E-state index >= 15 is 0 Å². The van der Waals surface area contributed by atoms with Crippen LogP contribution in [0, 0.1) is 17.1 Å². The van der Waals surface area contributed by atoms with Gasteiger partial charge >= 0.3 is 5.76 Å². The van der Waals surface area contributed by atoms with Gasteiger partial charge in [-0.1, -0.05) is 18.2 Å². The second kappa shape index (κ2) is 7.44. The van der Waals surface area contributed by atoms with E-state index in [4.69, 9.17) is 9.68 Å². The highest BCUT2D eigenvalue weighted by molar-refractivity contribution is 5.93. The molecule has 0 spiro atoms. The maximum Gasteiger partial charge on any atom is 0.437 e. The molecule has 0 saturated heterocycles. The molecule has 2 aromatic carbocycles. The lowest BCUT2D eigenvalue weighted by atomic mass is 10.2. The third kappa shape index (κ3) is 3.67. The Morgan fingerprint density at radius 3 is 2.54 bits per heavy atom. The monoisotopic (exact) mass is 352 g/mol. The molecule has 0 unspecified atom stereocenters. The van der Waals surface area contributed by atoms with Crippen molar-refractivity contribution >= 4 is 11.6 Å². The van der Waals surface area contributed by atoms with Gasteiger partial charge in [-0.3, -0.25) is 9.69 Å². The lowest BCUT2D eigenvalue weighted by Gasteiger charge is -2.19. The standard InChI is InChI=1S/C18H13FN4O3/c19-14-8-6-13(7-9-14)17-21-23(18(25)26-17)12-16(24)22(11-10-20)15-4-2-1-3-5-15/h1-9H,11-12H2. The highest BCUT2D eigenvalue weighted by atomic mass is 19.1. The van der Waals surface area contributed by atoms with E-state index in [1.807, 2.05) is 6.07 Å². The number of nitriles is 1. The van der Waals surface area contributed by atoms with Crippen LogP contribution in [0.4, 0.5) is 10.1 Å². The highest BCUT2D eigenvalue weighted by Crippen LogP contribution is 2.16. The van der Waals surface area contributed by atoms with Crippen molar-refractivity contribution in [1.82, 2.24) is 9.78 Å². The summed E-state index contributed by atoms with van der Waals surface area (Å²) in [6.07, 6.45) is 0. The lowest BCUT2D eigenvalue weighted by molar-refractivity contribution is -0.119. The van der Waals surface area contributed by atoms with Crippen molar-refractivity contribution < 1.29 is 13.6 Å². The summed E-state index contributed by atoms with van der Waals surface area (Å²) in [5.41, 5.74) is 0.945. The van der Waals surface area contributed by atoms with E-state index in [0.717, 1.165) is 4.68 Å². The molecule has 0 aliphatic rings. The maximum absolute atomic E-state index is 13.0. The number of amides is 1. The minimum absolute atomic E-state index is 0.0191. The number of benzene rings is 2. The van der Waals surface area contributed by atoms with Crippen LogP contribution in [0.25, 0.3) is 11.5 Å². The van der Waals surface area contributed by atoms with Gasteiger partial charge in [0.2, 0.25) is 11.8 Å². The van der Waals surface area contributed by atoms with Crippen LogP contribution in [-0.4, -0.2) is 22.2 Å². The Balaban J connectivity index is 1.84. The number of nitrogens with zero attached hydrogens (tertiary/aromatic N) is 4. The van der Waals surface area contributed by atoms with Crippen molar-refractivity contribution in [3.8, 4) is 17.5 Å². The largest absolute Gasteiger partial charge is 0.437 e. The number of anilines is 1. The van der Waals surface area contributed by atoms with Gasteiger partial charge in [-0.15, -0.1) is 5.10 Å². The molecule has 130 valence electrons. The minimum atomic E-state index is -0.817. The van der Waals surface area contributed by atoms with E-state index in [0.29, 0.717) is 11.3 Å². The lowest BCUT2D eigenvalue weighted by Crippen LogP contribution is -2.36. The van der Waals surface area contributed by atoms with E-state index in [2.05, 4.69) is 5.10 Å².